The van der Waals surface area contributed by atoms with Crippen LogP contribution in [0.4, 0.5) is 0 Å². The second-order valence-corrected chi connectivity index (χ2v) is 11.9. The number of nitrogens with zero attached hydrogens (tertiary/aromatic N) is 1. The number of esters is 1. The van der Waals surface area contributed by atoms with Crippen molar-refractivity contribution < 1.29 is 14.3 Å². The molecule has 0 amide bonds. The molecule has 0 radical (unpaired) electrons. The number of carbonyl (C=O) groups is 2. The van der Waals surface area contributed by atoms with Crippen LogP contribution in [0.3, 0.4) is 0 Å². The molecule has 2 heterocycles. The fourth-order valence-electron chi connectivity index (χ4n) is 6.45. The number of fused-ring (bicyclic) bond motifs is 1. The number of piperidine rings is 1. The molecule has 38 heavy (non-hydrogen) atoms. The molecule has 5 nitrogen and oxygen atoms in total. The summed E-state index contributed by atoms with van der Waals surface area (Å²) in [5.41, 5.74) is 5.37. The van der Waals surface area contributed by atoms with Crippen LogP contribution in [0.15, 0.2) is 70.9 Å². The van der Waals surface area contributed by atoms with Crippen molar-refractivity contribution in [3.63, 3.8) is 0 Å². The van der Waals surface area contributed by atoms with Gasteiger partial charge in [0.2, 0.25) is 0 Å². The number of benzene rings is 2. The van der Waals surface area contributed by atoms with Gasteiger partial charge in [-0.25, -0.2) is 4.79 Å². The Hall–Kier alpha value is -3.05. The molecule has 1 N–H and O–H groups in total. The van der Waals surface area contributed by atoms with Gasteiger partial charge in [-0.3, -0.25) is 9.79 Å². The van der Waals surface area contributed by atoms with Gasteiger partial charge >= 0.3 is 5.97 Å². The van der Waals surface area contributed by atoms with E-state index in [4.69, 9.17) is 9.73 Å². The summed E-state index contributed by atoms with van der Waals surface area (Å²) in [5, 5.41) is 3.39. The Morgan fingerprint density at radius 2 is 1.66 bits per heavy atom. The van der Waals surface area contributed by atoms with Crippen molar-refractivity contribution in [3.8, 4) is 11.1 Å². The van der Waals surface area contributed by atoms with E-state index in [2.05, 4.69) is 55.6 Å². The molecule has 1 saturated heterocycles. The minimum Gasteiger partial charge on any atom is -0.462 e. The molecule has 0 aromatic heterocycles. The zero-order chi connectivity index (χ0) is 26.7. The van der Waals surface area contributed by atoms with Gasteiger partial charge in [-0.2, -0.15) is 0 Å². The zero-order valence-corrected chi connectivity index (χ0v) is 23.0. The summed E-state index contributed by atoms with van der Waals surface area (Å²) in [6, 6.07) is 18.6. The predicted molar refractivity (Wildman–Crippen MR) is 152 cm³/mol. The van der Waals surface area contributed by atoms with Crippen LogP contribution in [0.25, 0.3) is 11.1 Å². The normalized spacial score (nSPS) is 23.6. The molecule has 0 spiro atoms. The van der Waals surface area contributed by atoms with Gasteiger partial charge in [0.05, 0.1) is 23.8 Å². The minimum atomic E-state index is -0.409. The number of rotatable bonds is 7. The highest BCUT2D eigenvalue weighted by atomic mass is 16.5. The third kappa shape index (κ3) is 5.68. The van der Waals surface area contributed by atoms with E-state index < -0.39 is 5.92 Å². The topological polar surface area (TPSA) is 67.8 Å². The molecular formula is C33H40N2O3. The molecule has 1 saturated carbocycles. The first-order chi connectivity index (χ1) is 18.4. The number of allylic oxidation sites excluding steroid dienone is 1. The minimum absolute atomic E-state index is 0.125. The Kier molecular flexibility index (Phi) is 7.94. The standard InChI is InChI=1S/C33H40N2O3/c1-4-26-31(32(37)38-19-16-22-14-17-34-18-15-22)29(30-27(35-26)20-33(2,3)21-28(30)36)25-12-10-24(11-13-25)23-8-6-5-7-9-23/h5-13,22,29-30,34H,4,14-21H2,1-3H3. The SMILES string of the molecule is CCC1=C(C(=O)OCCC2CCNCC2)C(c2ccc(-c3ccccc3)cc2)C2C(=O)CC(C)(C)CC2=N1. The van der Waals surface area contributed by atoms with Crippen molar-refractivity contribution in [2.75, 3.05) is 19.7 Å². The maximum Gasteiger partial charge on any atom is 0.336 e. The smallest absolute Gasteiger partial charge is 0.336 e. The van der Waals surface area contributed by atoms with Crippen molar-refractivity contribution in [3.05, 3.63) is 71.4 Å². The van der Waals surface area contributed by atoms with Gasteiger partial charge in [-0.05, 0) is 73.2 Å². The van der Waals surface area contributed by atoms with E-state index in [1.807, 2.05) is 25.1 Å². The molecule has 2 atom stereocenters. The summed E-state index contributed by atoms with van der Waals surface area (Å²) in [6.45, 7) is 8.77. The molecule has 2 fully saturated rings. The second kappa shape index (κ2) is 11.4. The van der Waals surface area contributed by atoms with E-state index in [9.17, 15) is 9.59 Å². The Balaban J connectivity index is 1.48. The van der Waals surface area contributed by atoms with E-state index in [1.165, 1.54) is 0 Å². The Bertz CT molecular complexity index is 1220. The van der Waals surface area contributed by atoms with Gasteiger partial charge < -0.3 is 10.1 Å². The molecule has 5 rings (SSSR count). The van der Waals surface area contributed by atoms with Gasteiger partial charge in [0.25, 0.3) is 0 Å². The van der Waals surface area contributed by atoms with Crippen LogP contribution in [0.5, 0.6) is 0 Å². The third-order valence-corrected chi connectivity index (χ3v) is 8.40. The lowest BCUT2D eigenvalue weighted by Gasteiger charge is -2.41. The van der Waals surface area contributed by atoms with Crippen molar-refractivity contribution >= 4 is 17.5 Å². The number of hydrogen-bond donors (Lipinski definition) is 1. The number of nitrogens with one attached hydrogen (secondary N) is 1. The van der Waals surface area contributed by atoms with Crippen LogP contribution in [0.1, 0.15) is 70.8 Å². The summed E-state index contributed by atoms with van der Waals surface area (Å²) in [6.07, 6.45) is 5.01. The fourth-order valence-corrected chi connectivity index (χ4v) is 6.45. The number of ether oxygens (including phenoxy) is 1. The summed E-state index contributed by atoms with van der Waals surface area (Å²) < 4.78 is 5.92. The Morgan fingerprint density at radius 1 is 0.974 bits per heavy atom. The Labute approximate surface area is 226 Å². The molecule has 5 heteroatoms. The van der Waals surface area contributed by atoms with Gasteiger partial charge in [0.1, 0.15) is 5.78 Å². The van der Waals surface area contributed by atoms with E-state index in [1.54, 1.807) is 0 Å². The summed E-state index contributed by atoms with van der Waals surface area (Å²) in [4.78, 5) is 32.3. The number of aliphatic imine (C=N–C) groups is 1. The number of ketones is 1. The second-order valence-electron chi connectivity index (χ2n) is 11.9. The molecule has 2 unspecified atom stereocenters. The van der Waals surface area contributed by atoms with Gasteiger partial charge in [-0.1, -0.05) is 75.4 Å². The van der Waals surface area contributed by atoms with Gasteiger partial charge in [0, 0.05) is 18.1 Å². The lowest BCUT2D eigenvalue weighted by molar-refractivity contribution is -0.140. The molecule has 3 aliphatic rings. The Morgan fingerprint density at radius 3 is 2.34 bits per heavy atom. The van der Waals surface area contributed by atoms with Crippen molar-refractivity contribution in [1.29, 1.82) is 0 Å². The first kappa shape index (κ1) is 26.6. The average Bonchev–Trinajstić information content (AvgIpc) is 2.92. The molecule has 2 aromatic rings. The van der Waals surface area contributed by atoms with Gasteiger partial charge in [0.15, 0.2) is 0 Å². The van der Waals surface area contributed by atoms with E-state index in [-0.39, 0.29) is 23.1 Å². The number of Topliss-reactive ketones (excluding diaryl/α,β-unsaturated/α-hetero) is 1. The highest BCUT2D eigenvalue weighted by Crippen LogP contribution is 2.47. The van der Waals surface area contributed by atoms with E-state index >= 15 is 0 Å². The molecule has 2 aromatic carbocycles. The van der Waals surface area contributed by atoms with E-state index in [0.29, 0.717) is 30.9 Å². The van der Waals surface area contributed by atoms with Crippen molar-refractivity contribution in [2.45, 2.75) is 65.2 Å². The van der Waals surface area contributed by atoms with Crippen LogP contribution >= 0.6 is 0 Å². The monoisotopic (exact) mass is 512 g/mol. The average molecular weight is 513 g/mol. The van der Waals surface area contributed by atoms with Crippen LogP contribution in [-0.4, -0.2) is 37.2 Å². The highest BCUT2D eigenvalue weighted by Gasteiger charge is 2.48. The first-order valence-corrected chi connectivity index (χ1v) is 14.2. The highest BCUT2D eigenvalue weighted by molar-refractivity contribution is 6.12. The van der Waals surface area contributed by atoms with Crippen LogP contribution < -0.4 is 5.32 Å². The maximum atomic E-state index is 13.7. The quantitative estimate of drug-likeness (QED) is 0.430. The third-order valence-electron chi connectivity index (χ3n) is 8.40. The lowest BCUT2D eigenvalue weighted by Crippen LogP contribution is -2.44. The van der Waals surface area contributed by atoms with Crippen LogP contribution in [0, 0.1) is 17.3 Å². The zero-order valence-electron chi connectivity index (χ0n) is 23.0. The molecule has 0 bridgehead atoms. The molecular weight excluding hydrogens is 472 g/mol. The fraction of sp³-hybridized carbons (Fsp3) is 0.485. The lowest BCUT2D eigenvalue weighted by atomic mass is 9.63. The van der Waals surface area contributed by atoms with Crippen LogP contribution in [0.2, 0.25) is 0 Å². The number of hydrogen-bond acceptors (Lipinski definition) is 5. The number of carbonyl (C=O) groups excluding carboxylic acids is 2. The summed E-state index contributed by atoms with van der Waals surface area (Å²) >= 11 is 0. The molecule has 1 aliphatic carbocycles. The van der Waals surface area contributed by atoms with Gasteiger partial charge in [-0.15, -0.1) is 0 Å². The molecule has 200 valence electrons. The maximum absolute atomic E-state index is 13.7. The van der Waals surface area contributed by atoms with Crippen LogP contribution in [-0.2, 0) is 14.3 Å². The molecule has 2 aliphatic heterocycles. The largest absolute Gasteiger partial charge is 0.462 e. The van der Waals surface area contributed by atoms with Crippen molar-refractivity contribution in [1.82, 2.24) is 5.32 Å². The summed E-state index contributed by atoms with van der Waals surface area (Å²) in [5.74, 6) is -0.325. The van der Waals surface area contributed by atoms with Crippen molar-refractivity contribution in [2.24, 2.45) is 22.2 Å². The predicted octanol–water partition coefficient (Wildman–Crippen LogP) is 6.49. The summed E-state index contributed by atoms with van der Waals surface area (Å²) in [7, 11) is 0. The first-order valence-electron chi connectivity index (χ1n) is 14.2. The van der Waals surface area contributed by atoms with E-state index in [0.717, 1.165) is 66.9 Å².